The van der Waals surface area contributed by atoms with Gasteiger partial charge in [0, 0.05) is 12.2 Å². The summed E-state index contributed by atoms with van der Waals surface area (Å²) in [5.41, 5.74) is 5.79. The van der Waals surface area contributed by atoms with Crippen LogP contribution in [0.4, 0.5) is 28.9 Å². The number of alkyl halides is 3. The first-order chi connectivity index (χ1) is 7.88. The van der Waals surface area contributed by atoms with Crippen molar-refractivity contribution >= 4 is 11.4 Å². The first-order valence-corrected chi connectivity index (χ1v) is 4.82. The minimum absolute atomic E-state index is 0.0803. The van der Waals surface area contributed by atoms with E-state index in [4.69, 9.17) is 5.73 Å². The molecular weight excluding hydrogens is 240 g/mol. The molecule has 1 aromatic rings. The smallest absolute Gasteiger partial charge is 0.399 e. The first kappa shape index (κ1) is 13.6. The van der Waals surface area contributed by atoms with E-state index >= 15 is 0 Å². The van der Waals surface area contributed by atoms with Gasteiger partial charge in [-0.15, -0.1) is 0 Å². The summed E-state index contributed by atoms with van der Waals surface area (Å²) in [4.78, 5) is 0. The average Bonchev–Trinajstić information content (AvgIpc) is 2.18. The summed E-state index contributed by atoms with van der Waals surface area (Å²) < 4.78 is 52.6. The Hall–Kier alpha value is -1.50. The van der Waals surface area contributed by atoms with Gasteiger partial charge in [0.05, 0.1) is 12.3 Å². The molecule has 0 aliphatic rings. The fraction of sp³-hybridized carbons (Fsp3) is 0.400. The van der Waals surface area contributed by atoms with Crippen LogP contribution in [-0.2, 0) is 4.74 Å². The minimum atomic E-state index is -4.34. The molecule has 0 unspecified atom stereocenters. The summed E-state index contributed by atoms with van der Waals surface area (Å²) in [7, 11) is 0. The minimum Gasteiger partial charge on any atom is -0.399 e. The number of nitrogen functional groups attached to an aromatic ring is 1. The SMILES string of the molecule is Nc1ccc(NCCOCC(F)(F)F)c(F)c1. The fourth-order valence-corrected chi connectivity index (χ4v) is 1.12. The second kappa shape index (κ2) is 5.72. The van der Waals surface area contributed by atoms with Crippen molar-refractivity contribution in [2.75, 3.05) is 30.8 Å². The number of nitrogens with two attached hydrogens (primary N) is 1. The molecule has 0 aromatic heterocycles. The van der Waals surface area contributed by atoms with E-state index in [2.05, 4.69) is 10.1 Å². The fourth-order valence-electron chi connectivity index (χ4n) is 1.12. The number of hydrogen-bond acceptors (Lipinski definition) is 3. The zero-order valence-corrected chi connectivity index (χ0v) is 8.85. The molecular formula is C10H12F4N2O. The second-order valence-electron chi connectivity index (χ2n) is 3.33. The second-order valence-corrected chi connectivity index (χ2v) is 3.33. The van der Waals surface area contributed by atoms with Gasteiger partial charge in [0.25, 0.3) is 0 Å². The zero-order valence-electron chi connectivity index (χ0n) is 8.85. The van der Waals surface area contributed by atoms with Crippen LogP contribution in [-0.4, -0.2) is 25.9 Å². The molecule has 0 saturated heterocycles. The van der Waals surface area contributed by atoms with Gasteiger partial charge in [-0.2, -0.15) is 13.2 Å². The molecule has 0 bridgehead atoms. The van der Waals surface area contributed by atoms with Crippen molar-refractivity contribution in [2.24, 2.45) is 0 Å². The highest BCUT2D eigenvalue weighted by atomic mass is 19.4. The molecule has 0 heterocycles. The van der Waals surface area contributed by atoms with Gasteiger partial charge >= 0.3 is 6.18 Å². The van der Waals surface area contributed by atoms with Crippen molar-refractivity contribution in [3.63, 3.8) is 0 Å². The Bertz CT molecular complexity index is 368. The van der Waals surface area contributed by atoms with Gasteiger partial charge in [0.15, 0.2) is 0 Å². The van der Waals surface area contributed by atoms with Crippen LogP contribution < -0.4 is 11.1 Å². The number of anilines is 2. The Labute approximate surface area is 95.6 Å². The van der Waals surface area contributed by atoms with Gasteiger partial charge in [-0.3, -0.25) is 0 Å². The quantitative estimate of drug-likeness (QED) is 0.480. The molecule has 3 N–H and O–H groups in total. The lowest BCUT2D eigenvalue weighted by Gasteiger charge is -2.10. The number of nitrogens with one attached hydrogen (secondary N) is 1. The summed E-state index contributed by atoms with van der Waals surface area (Å²) in [5, 5.41) is 2.60. The molecule has 0 amide bonds. The van der Waals surface area contributed by atoms with Gasteiger partial charge in [0.1, 0.15) is 12.4 Å². The highest BCUT2D eigenvalue weighted by molar-refractivity contribution is 5.52. The molecule has 0 spiro atoms. The molecule has 1 rings (SSSR count). The summed E-state index contributed by atoms with van der Waals surface area (Å²) in [6.07, 6.45) is -4.34. The molecule has 0 aliphatic heterocycles. The zero-order chi connectivity index (χ0) is 12.9. The van der Waals surface area contributed by atoms with Crippen molar-refractivity contribution in [2.45, 2.75) is 6.18 Å². The van der Waals surface area contributed by atoms with E-state index in [-0.39, 0.29) is 24.5 Å². The van der Waals surface area contributed by atoms with Crippen LogP contribution in [0.2, 0.25) is 0 Å². The van der Waals surface area contributed by atoms with Gasteiger partial charge in [-0.1, -0.05) is 0 Å². The van der Waals surface area contributed by atoms with Crippen molar-refractivity contribution in [3.05, 3.63) is 24.0 Å². The lowest BCUT2D eigenvalue weighted by Crippen LogP contribution is -2.20. The van der Waals surface area contributed by atoms with Gasteiger partial charge in [-0.25, -0.2) is 4.39 Å². The maximum Gasteiger partial charge on any atom is 0.411 e. The Balaban J connectivity index is 2.27. The first-order valence-electron chi connectivity index (χ1n) is 4.82. The molecule has 17 heavy (non-hydrogen) atoms. The normalized spacial score (nSPS) is 11.5. The lowest BCUT2D eigenvalue weighted by atomic mass is 10.2. The molecule has 0 fully saturated rings. The van der Waals surface area contributed by atoms with E-state index in [0.717, 1.165) is 6.07 Å². The monoisotopic (exact) mass is 252 g/mol. The predicted octanol–water partition coefficient (Wildman–Crippen LogP) is 2.40. The third-order valence-electron chi connectivity index (χ3n) is 1.82. The largest absolute Gasteiger partial charge is 0.411 e. The molecule has 0 atom stereocenters. The van der Waals surface area contributed by atoms with Crippen molar-refractivity contribution < 1.29 is 22.3 Å². The molecule has 0 saturated carbocycles. The molecule has 0 aliphatic carbocycles. The van der Waals surface area contributed by atoms with Crippen molar-refractivity contribution in [1.29, 1.82) is 0 Å². The summed E-state index contributed by atoms with van der Waals surface area (Å²) >= 11 is 0. The molecule has 7 heteroatoms. The van der Waals surface area contributed by atoms with E-state index in [1.165, 1.54) is 12.1 Å². The van der Waals surface area contributed by atoms with Gasteiger partial charge in [0.2, 0.25) is 0 Å². The summed E-state index contributed by atoms with van der Waals surface area (Å²) in [6.45, 7) is -1.39. The van der Waals surface area contributed by atoms with E-state index < -0.39 is 18.6 Å². The van der Waals surface area contributed by atoms with E-state index in [1.807, 2.05) is 0 Å². The molecule has 1 aromatic carbocycles. The summed E-state index contributed by atoms with van der Waals surface area (Å²) in [6, 6.07) is 4.02. The maximum atomic E-state index is 13.2. The highest BCUT2D eigenvalue weighted by Crippen LogP contribution is 2.17. The number of ether oxygens (including phenoxy) is 1. The number of halogens is 4. The van der Waals surface area contributed by atoms with Crippen molar-refractivity contribution in [3.8, 4) is 0 Å². The molecule has 0 radical (unpaired) electrons. The number of benzene rings is 1. The maximum absolute atomic E-state index is 13.2. The Morgan fingerprint density at radius 1 is 1.29 bits per heavy atom. The van der Waals surface area contributed by atoms with Crippen LogP contribution in [0, 0.1) is 5.82 Å². The van der Waals surface area contributed by atoms with Crippen LogP contribution in [0.15, 0.2) is 18.2 Å². The molecule has 96 valence electrons. The third-order valence-corrected chi connectivity index (χ3v) is 1.82. The van der Waals surface area contributed by atoms with Gasteiger partial charge < -0.3 is 15.8 Å². The highest BCUT2D eigenvalue weighted by Gasteiger charge is 2.27. The van der Waals surface area contributed by atoms with Crippen LogP contribution in [0.3, 0.4) is 0 Å². The predicted molar refractivity (Wildman–Crippen MR) is 56.2 cm³/mol. The average molecular weight is 252 g/mol. The van der Waals surface area contributed by atoms with Crippen LogP contribution in [0.5, 0.6) is 0 Å². The van der Waals surface area contributed by atoms with E-state index in [1.54, 1.807) is 0 Å². The Morgan fingerprint density at radius 2 is 2.00 bits per heavy atom. The van der Waals surface area contributed by atoms with Crippen molar-refractivity contribution in [1.82, 2.24) is 0 Å². The summed E-state index contributed by atoms with van der Waals surface area (Å²) in [5.74, 6) is -0.555. The Morgan fingerprint density at radius 3 is 2.59 bits per heavy atom. The van der Waals surface area contributed by atoms with Crippen LogP contribution >= 0.6 is 0 Å². The lowest BCUT2D eigenvalue weighted by molar-refractivity contribution is -0.172. The van der Waals surface area contributed by atoms with Gasteiger partial charge in [-0.05, 0) is 18.2 Å². The number of rotatable bonds is 5. The number of hydrogen-bond donors (Lipinski definition) is 2. The van der Waals surface area contributed by atoms with E-state index in [0.29, 0.717) is 0 Å². The third kappa shape index (κ3) is 5.39. The van der Waals surface area contributed by atoms with E-state index in [9.17, 15) is 17.6 Å². The molecule has 3 nitrogen and oxygen atoms in total. The van der Waals surface area contributed by atoms with Crippen LogP contribution in [0.1, 0.15) is 0 Å². The van der Waals surface area contributed by atoms with Crippen LogP contribution in [0.25, 0.3) is 0 Å². The Kier molecular flexibility index (Phi) is 4.56. The topological polar surface area (TPSA) is 47.3 Å². The standard InChI is InChI=1S/C10H12F4N2O/c11-8-5-7(15)1-2-9(8)16-3-4-17-6-10(12,13)14/h1-2,5,16H,3-4,6,15H2.